The van der Waals surface area contributed by atoms with E-state index in [1.165, 1.54) is 16.3 Å². The van der Waals surface area contributed by atoms with Gasteiger partial charge in [-0.1, -0.05) is 42.5 Å². The van der Waals surface area contributed by atoms with Gasteiger partial charge in [-0.25, -0.2) is 0 Å². The standard InChI is InChI=1S/C14H17NO/c16-11-10-15-9-8-13-6-3-5-12-4-1-2-7-14(12)13/h1-7,15-16H,8-11H2. The van der Waals surface area contributed by atoms with E-state index in [2.05, 4.69) is 47.8 Å². The van der Waals surface area contributed by atoms with Gasteiger partial charge in [0.1, 0.15) is 0 Å². The zero-order chi connectivity index (χ0) is 11.2. The van der Waals surface area contributed by atoms with Crippen molar-refractivity contribution in [3.63, 3.8) is 0 Å². The Morgan fingerprint density at radius 1 is 0.938 bits per heavy atom. The maximum Gasteiger partial charge on any atom is 0.0555 e. The van der Waals surface area contributed by atoms with Crippen LogP contribution in [0.15, 0.2) is 42.5 Å². The molecule has 0 atom stereocenters. The Kier molecular flexibility index (Phi) is 3.91. The van der Waals surface area contributed by atoms with E-state index in [1.807, 2.05) is 0 Å². The largest absolute Gasteiger partial charge is 0.395 e. The van der Waals surface area contributed by atoms with Crippen LogP contribution in [0.25, 0.3) is 10.8 Å². The molecule has 0 spiro atoms. The van der Waals surface area contributed by atoms with Gasteiger partial charge in [0.15, 0.2) is 0 Å². The predicted octanol–water partition coefficient (Wildman–Crippen LogP) is 1.96. The molecule has 0 heterocycles. The molecular formula is C14H17NO. The first kappa shape index (κ1) is 11.1. The van der Waals surface area contributed by atoms with Crippen molar-refractivity contribution in [1.29, 1.82) is 0 Å². The van der Waals surface area contributed by atoms with Crippen molar-refractivity contribution in [3.05, 3.63) is 48.0 Å². The third-order valence-electron chi connectivity index (χ3n) is 2.74. The number of aliphatic hydroxyl groups excluding tert-OH is 1. The number of fused-ring (bicyclic) bond motifs is 1. The molecule has 2 aromatic rings. The Morgan fingerprint density at radius 2 is 1.75 bits per heavy atom. The molecule has 2 rings (SSSR count). The van der Waals surface area contributed by atoms with E-state index in [1.54, 1.807) is 0 Å². The predicted molar refractivity (Wildman–Crippen MR) is 67.6 cm³/mol. The third-order valence-corrected chi connectivity index (χ3v) is 2.74. The van der Waals surface area contributed by atoms with Crippen molar-refractivity contribution in [2.45, 2.75) is 6.42 Å². The summed E-state index contributed by atoms with van der Waals surface area (Å²) < 4.78 is 0. The second-order valence-electron chi connectivity index (χ2n) is 3.86. The fourth-order valence-corrected chi connectivity index (χ4v) is 1.94. The molecule has 0 aliphatic carbocycles. The average Bonchev–Trinajstić information content (AvgIpc) is 2.35. The number of benzene rings is 2. The summed E-state index contributed by atoms with van der Waals surface area (Å²) in [7, 11) is 0. The van der Waals surface area contributed by atoms with Gasteiger partial charge in [0.2, 0.25) is 0 Å². The van der Waals surface area contributed by atoms with Crippen LogP contribution in [0.5, 0.6) is 0 Å². The van der Waals surface area contributed by atoms with Crippen LogP contribution in [0.2, 0.25) is 0 Å². The van der Waals surface area contributed by atoms with Crippen molar-refractivity contribution in [3.8, 4) is 0 Å². The fraction of sp³-hybridized carbons (Fsp3) is 0.286. The molecule has 0 radical (unpaired) electrons. The molecule has 16 heavy (non-hydrogen) atoms. The molecule has 2 N–H and O–H groups in total. The van der Waals surface area contributed by atoms with Gasteiger partial charge in [-0.2, -0.15) is 0 Å². The lowest BCUT2D eigenvalue weighted by Gasteiger charge is -2.07. The van der Waals surface area contributed by atoms with Gasteiger partial charge in [-0.05, 0) is 29.3 Å². The summed E-state index contributed by atoms with van der Waals surface area (Å²) >= 11 is 0. The molecule has 0 bridgehead atoms. The summed E-state index contributed by atoms with van der Waals surface area (Å²) in [4.78, 5) is 0. The fourth-order valence-electron chi connectivity index (χ4n) is 1.94. The molecule has 2 nitrogen and oxygen atoms in total. The average molecular weight is 215 g/mol. The molecule has 2 heteroatoms. The molecule has 0 aromatic heterocycles. The maximum atomic E-state index is 8.67. The van der Waals surface area contributed by atoms with Crippen LogP contribution in [-0.2, 0) is 6.42 Å². The lowest BCUT2D eigenvalue weighted by molar-refractivity contribution is 0.293. The lowest BCUT2D eigenvalue weighted by Crippen LogP contribution is -2.20. The molecule has 2 aromatic carbocycles. The van der Waals surface area contributed by atoms with Crippen LogP contribution in [0.4, 0.5) is 0 Å². The van der Waals surface area contributed by atoms with Crippen LogP contribution >= 0.6 is 0 Å². The van der Waals surface area contributed by atoms with Crippen molar-refractivity contribution < 1.29 is 5.11 Å². The molecule has 0 saturated heterocycles. The highest BCUT2D eigenvalue weighted by atomic mass is 16.3. The first-order valence-corrected chi connectivity index (χ1v) is 5.70. The first-order chi connectivity index (χ1) is 7.92. The summed E-state index contributed by atoms with van der Waals surface area (Å²) in [5.74, 6) is 0. The van der Waals surface area contributed by atoms with Crippen LogP contribution in [0, 0.1) is 0 Å². The third kappa shape index (κ3) is 2.60. The Balaban J connectivity index is 2.11. The van der Waals surface area contributed by atoms with Gasteiger partial charge in [0, 0.05) is 6.54 Å². The zero-order valence-corrected chi connectivity index (χ0v) is 9.32. The molecule has 0 amide bonds. The Labute approximate surface area is 95.9 Å². The topological polar surface area (TPSA) is 32.3 Å². The summed E-state index contributed by atoms with van der Waals surface area (Å²) in [5, 5.41) is 14.5. The van der Waals surface area contributed by atoms with E-state index >= 15 is 0 Å². The highest BCUT2D eigenvalue weighted by Gasteiger charge is 1.99. The summed E-state index contributed by atoms with van der Waals surface area (Å²) in [6.07, 6.45) is 1.00. The van der Waals surface area contributed by atoms with Gasteiger partial charge in [-0.3, -0.25) is 0 Å². The smallest absolute Gasteiger partial charge is 0.0555 e. The highest BCUT2D eigenvalue weighted by molar-refractivity contribution is 5.85. The molecule has 84 valence electrons. The van der Waals surface area contributed by atoms with E-state index in [4.69, 9.17) is 5.11 Å². The normalized spacial score (nSPS) is 10.8. The molecule has 0 fully saturated rings. The second kappa shape index (κ2) is 5.64. The minimum absolute atomic E-state index is 0.204. The quantitative estimate of drug-likeness (QED) is 0.747. The van der Waals surface area contributed by atoms with Gasteiger partial charge in [0.05, 0.1) is 6.61 Å². The van der Waals surface area contributed by atoms with E-state index in [-0.39, 0.29) is 6.61 Å². The van der Waals surface area contributed by atoms with Crippen LogP contribution in [0.3, 0.4) is 0 Å². The minimum atomic E-state index is 0.204. The van der Waals surface area contributed by atoms with Gasteiger partial charge >= 0.3 is 0 Å². The maximum absolute atomic E-state index is 8.67. The van der Waals surface area contributed by atoms with E-state index in [0.29, 0.717) is 6.54 Å². The molecule has 0 aliphatic heterocycles. The SMILES string of the molecule is OCCNCCc1cccc2ccccc12. The number of hydrogen-bond acceptors (Lipinski definition) is 2. The van der Waals surface area contributed by atoms with Gasteiger partial charge < -0.3 is 10.4 Å². The lowest BCUT2D eigenvalue weighted by atomic mass is 10.0. The summed E-state index contributed by atoms with van der Waals surface area (Å²) in [6.45, 7) is 1.79. The van der Waals surface area contributed by atoms with Crippen LogP contribution in [0.1, 0.15) is 5.56 Å². The van der Waals surface area contributed by atoms with Gasteiger partial charge in [-0.15, -0.1) is 0 Å². The van der Waals surface area contributed by atoms with E-state index in [9.17, 15) is 0 Å². The first-order valence-electron chi connectivity index (χ1n) is 5.70. The number of rotatable bonds is 5. The number of aliphatic hydroxyl groups is 1. The monoisotopic (exact) mass is 215 g/mol. The molecular weight excluding hydrogens is 198 g/mol. The van der Waals surface area contributed by atoms with Crippen molar-refractivity contribution in [2.75, 3.05) is 19.7 Å². The van der Waals surface area contributed by atoms with Crippen molar-refractivity contribution in [2.24, 2.45) is 0 Å². The molecule has 0 unspecified atom stereocenters. The van der Waals surface area contributed by atoms with Crippen molar-refractivity contribution in [1.82, 2.24) is 5.32 Å². The zero-order valence-electron chi connectivity index (χ0n) is 9.32. The van der Waals surface area contributed by atoms with Crippen LogP contribution < -0.4 is 5.32 Å². The Bertz CT molecular complexity index is 448. The molecule has 0 saturated carbocycles. The number of hydrogen-bond donors (Lipinski definition) is 2. The van der Waals surface area contributed by atoms with Crippen molar-refractivity contribution >= 4 is 10.8 Å². The minimum Gasteiger partial charge on any atom is -0.395 e. The van der Waals surface area contributed by atoms with E-state index < -0.39 is 0 Å². The van der Waals surface area contributed by atoms with E-state index in [0.717, 1.165) is 13.0 Å². The van der Waals surface area contributed by atoms with Crippen LogP contribution in [-0.4, -0.2) is 24.8 Å². The summed E-state index contributed by atoms with van der Waals surface area (Å²) in [6, 6.07) is 14.9. The molecule has 0 aliphatic rings. The Hall–Kier alpha value is -1.38. The van der Waals surface area contributed by atoms with Gasteiger partial charge in [0.25, 0.3) is 0 Å². The number of nitrogens with one attached hydrogen (secondary N) is 1. The summed E-state index contributed by atoms with van der Waals surface area (Å²) in [5.41, 5.74) is 1.36. The second-order valence-corrected chi connectivity index (χ2v) is 3.86. The Morgan fingerprint density at radius 3 is 2.62 bits per heavy atom. The highest BCUT2D eigenvalue weighted by Crippen LogP contribution is 2.18.